The van der Waals surface area contributed by atoms with Gasteiger partial charge in [0.25, 0.3) is 5.91 Å². The molecule has 2 aliphatic heterocycles. The molecule has 2 aromatic rings. The molecule has 2 aromatic heterocycles. The average molecular weight is 585 g/mol. The van der Waals surface area contributed by atoms with Crippen LogP contribution >= 0.6 is 11.6 Å². The quantitative estimate of drug-likeness (QED) is 0.532. The number of alkyl halides is 3. The maximum absolute atomic E-state index is 13.5. The highest BCUT2D eigenvalue weighted by Gasteiger charge is 2.42. The van der Waals surface area contributed by atoms with Crippen molar-refractivity contribution < 1.29 is 32.2 Å². The minimum Gasteiger partial charge on any atom is -0.481 e. The third-order valence-corrected chi connectivity index (χ3v) is 8.18. The molecular formula is C26H32ClF3N6O4. The van der Waals surface area contributed by atoms with E-state index in [1.807, 2.05) is 0 Å². The van der Waals surface area contributed by atoms with E-state index in [0.717, 1.165) is 0 Å². The van der Waals surface area contributed by atoms with Gasteiger partial charge in [-0.3, -0.25) is 14.9 Å². The first kappa shape index (κ1) is 28.6. The van der Waals surface area contributed by atoms with Gasteiger partial charge in [-0.25, -0.2) is 9.67 Å². The monoisotopic (exact) mass is 584 g/mol. The van der Waals surface area contributed by atoms with Crippen LogP contribution in [-0.4, -0.2) is 77.0 Å². The summed E-state index contributed by atoms with van der Waals surface area (Å²) in [7, 11) is 1.50. The zero-order valence-electron chi connectivity index (χ0n) is 22.0. The summed E-state index contributed by atoms with van der Waals surface area (Å²) in [6, 6.07) is 3.08. The Bertz CT molecular complexity index is 1220. The Hall–Kier alpha value is -2.90. The molecule has 2 N–H and O–H groups in total. The standard InChI is InChI=1S/C26H32ClF3N6O4/c1-39-22-12-18(19(27)14-32-22)21-13-20(34-36(21)25-31-8-11-40-25)24(38)35-9-6-15(7-10-35)23(37)33-17-4-2-16(3-5-17)26(28,29)30/h12-17,25,31H,2-11H2,1H3,(H,33,37). The number of pyridine rings is 1. The van der Waals surface area contributed by atoms with E-state index >= 15 is 0 Å². The summed E-state index contributed by atoms with van der Waals surface area (Å²) < 4.78 is 51.4. The van der Waals surface area contributed by atoms with Crippen LogP contribution in [0.2, 0.25) is 5.02 Å². The summed E-state index contributed by atoms with van der Waals surface area (Å²) in [4.78, 5) is 32.0. The highest BCUT2D eigenvalue weighted by molar-refractivity contribution is 6.33. The van der Waals surface area contributed by atoms with Gasteiger partial charge in [0.15, 0.2) is 5.69 Å². The number of methoxy groups -OCH3 is 1. The van der Waals surface area contributed by atoms with Crippen LogP contribution in [0, 0.1) is 11.8 Å². The third kappa shape index (κ3) is 6.21. The number of rotatable bonds is 6. The summed E-state index contributed by atoms with van der Waals surface area (Å²) in [5.74, 6) is -1.66. The molecule has 5 rings (SSSR count). The summed E-state index contributed by atoms with van der Waals surface area (Å²) in [5.41, 5.74) is 1.35. The fourth-order valence-corrected chi connectivity index (χ4v) is 5.77. The molecule has 0 spiro atoms. The van der Waals surface area contributed by atoms with Gasteiger partial charge in [-0.2, -0.15) is 18.3 Å². The van der Waals surface area contributed by atoms with Crippen molar-refractivity contribution in [2.45, 2.75) is 57.1 Å². The highest BCUT2D eigenvalue weighted by atomic mass is 35.5. The molecule has 4 heterocycles. The second-order valence-corrected chi connectivity index (χ2v) is 10.8. The topological polar surface area (TPSA) is 111 Å². The zero-order chi connectivity index (χ0) is 28.4. The molecule has 3 fully saturated rings. The number of nitrogens with one attached hydrogen (secondary N) is 2. The van der Waals surface area contributed by atoms with E-state index in [1.165, 1.54) is 13.3 Å². The van der Waals surface area contributed by atoms with E-state index in [1.54, 1.807) is 21.7 Å². The maximum Gasteiger partial charge on any atom is 0.391 e. The number of amides is 2. The normalized spacial score (nSPS) is 24.2. The summed E-state index contributed by atoms with van der Waals surface area (Å²) in [6.07, 6.45) is -1.64. The lowest BCUT2D eigenvalue weighted by molar-refractivity contribution is -0.182. The predicted molar refractivity (Wildman–Crippen MR) is 139 cm³/mol. The fourth-order valence-electron chi connectivity index (χ4n) is 5.57. The van der Waals surface area contributed by atoms with Crippen LogP contribution in [0.1, 0.15) is 55.4 Å². The summed E-state index contributed by atoms with van der Waals surface area (Å²) in [5, 5.41) is 11.0. The second kappa shape index (κ2) is 11.9. The lowest BCUT2D eigenvalue weighted by Gasteiger charge is -2.34. The first-order valence-electron chi connectivity index (χ1n) is 13.4. The molecule has 0 aromatic carbocycles. The number of ether oxygens (including phenoxy) is 2. The molecular weight excluding hydrogens is 553 g/mol. The van der Waals surface area contributed by atoms with Crippen molar-refractivity contribution >= 4 is 23.4 Å². The molecule has 1 saturated carbocycles. The molecule has 2 amide bonds. The number of hydrogen-bond acceptors (Lipinski definition) is 7. The van der Waals surface area contributed by atoms with E-state index in [2.05, 4.69) is 20.7 Å². The van der Waals surface area contributed by atoms with Crippen LogP contribution in [-0.2, 0) is 9.53 Å². The Balaban J connectivity index is 1.22. The van der Waals surface area contributed by atoms with E-state index in [0.29, 0.717) is 74.1 Å². The molecule has 0 radical (unpaired) electrons. The Labute approximate surface area is 234 Å². The Kier molecular flexibility index (Phi) is 8.52. The average Bonchev–Trinajstić information content (AvgIpc) is 3.63. The predicted octanol–water partition coefficient (Wildman–Crippen LogP) is 3.77. The van der Waals surface area contributed by atoms with Crippen LogP contribution in [0.4, 0.5) is 13.2 Å². The van der Waals surface area contributed by atoms with Crippen molar-refractivity contribution in [3.63, 3.8) is 0 Å². The van der Waals surface area contributed by atoms with E-state index in [4.69, 9.17) is 21.1 Å². The fraction of sp³-hybridized carbons (Fsp3) is 0.615. The van der Waals surface area contributed by atoms with Gasteiger partial charge in [0.05, 0.1) is 36.5 Å². The van der Waals surface area contributed by atoms with E-state index < -0.39 is 18.4 Å². The number of piperidine rings is 1. The summed E-state index contributed by atoms with van der Waals surface area (Å²) >= 11 is 6.44. The smallest absolute Gasteiger partial charge is 0.391 e. The third-order valence-electron chi connectivity index (χ3n) is 7.88. The second-order valence-electron chi connectivity index (χ2n) is 10.4. The molecule has 3 aliphatic rings. The van der Waals surface area contributed by atoms with Gasteiger partial charge < -0.3 is 19.7 Å². The first-order chi connectivity index (χ1) is 19.1. The molecule has 10 nitrogen and oxygen atoms in total. The maximum atomic E-state index is 13.5. The molecule has 1 unspecified atom stereocenters. The SMILES string of the molecule is COc1cc(-c2cc(C(=O)N3CCC(C(=O)NC4CCC(C(F)(F)F)CC4)CC3)nn2C2NCCO2)c(Cl)cn1. The van der Waals surface area contributed by atoms with Crippen LogP contribution in [0.15, 0.2) is 18.3 Å². The van der Waals surface area contributed by atoms with Crippen molar-refractivity contribution in [1.29, 1.82) is 0 Å². The lowest BCUT2D eigenvalue weighted by atomic mass is 9.85. The molecule has 1 aliphatic carbocycles. The van der Waals surface area contributed by atoms with Crippen molar-refractivity contribution in [3.05, 3.63) is 29.0 Å². The Morgan fingerprint density at radius 2 is 1.88 bits per heavy atom. The lowest BCUT2D eigenvalue weighted by Crippen LogP contribution is -2.46. The number of hydrogen-bond donors (Lipinski definition) is 2. The number of carbonyl (C=O) groups is 2. The van der Waals surface area contributed by atoms with Gasteiger partial charge in [-0.1, -0.05) is 11.6 Å². The number of carbonyl (C=O) groups excluding carboxylic acids is 2. The van der Waals surface area contributed by atoms with Crippen molar-refractivity contribution in [3.8, 4) is 17.1 Å². The van der Waals surface area contributed by atoms with Gasteiger partial charge in [0.2, 0.25) is 18.1 Å². The number of nitrogens with zero attached hydrogens (tertiary/aromatic N) is 4. The van der Waals surface area contributed by atoms with E-state index in [9.17, 15) is 22.8 Å². The minimum atomic E-state index is -4.18. The van der Waals surface area contributed by atoms with Crippen molar-refractivity contribution in [1.82, 2.24) is 30.3 Å². The summed E-state index contributed by atoms with van der Waals surface area (Å²) in [6.45, 7) is 1.84. The van der Waals surface area contributed by atoms with Gasteiger partial charge in [0.1, 0.15) is 0 Å². The van der Waals surface area contributed by atoms with E-state index in [-0.39, 0.29) is 42.3 Å². The van der Waals surface area contributed by atoms with Gasteiger partial charge >= 0.3 is 6.18 Å². The van der Waals surface area contributed by atoms with Gasteiger partial charge in [-0.05, 0) is 44.6 Å². The highest BCUT2D eigenvalue weighted by Crippen LogP contribution is 2.38. The molecule has 0 bridgehead atoms. The van der Waals surface area contributed by atoms with Crippen molar-refractivity contribution in [2.24, 2.45) is 11.8 Å². The number of likely N-dealkylation sites (tertiary alicyclic amines) is 1. The molecule has 14 heteroatoms. The largest absolute Gasteiger partial charge is 0.481 e. The number of halogens is 4. The van der Waals surface area contributed by atoms with Gasteiger partial charge in [0, 0.05) is 43.2 Å². The molecule has 40 heavy (non-hydrogen) atoms. The minimum absolute atomic E-state index is 0.0366. The van der Waals surface area contributed by atoms with Gasteiger partial charge in [-0.15, -0.1) is 0 Å². The van der Waals surface area contributed by atoms with Crippen LogP contribution < -0.4 is 15.4 Å². The molecule has 2 saturated heterocycles. The first-order valence-corrected chi connectivity index (χ1v) is 13.8. The zero-order valence-corrected chi connectivity index (χ0v) is 22.8. The molecule has 218 valence electrons. The Morgan fingerprint density at radius 3 is 2.50 bits per heavy atom. The Morgan fingerprint density at radius 1 is 1.15 bits per heavy atom. The van der Waals surface area contributed by atoms with Crippen LogP contribution in [0.3, 0.4) is 0 Å². The van der Waals surface area contributed by atoms with Crippen LogP contribution in [0.5, 0.6) is 5.88 Å². The van der Waals surface area contributed by atoms with Crippen molar-refractivity contribution in [2.75, 3.05) is 33.4 Å². The van der Waals surface area contributed by atoms with Crippen LogP contribution in [0.25, 0.3) is 11.3 Å². The molecule has 1 atom stereocenters. The number of aromatic nitrogens is 3.